The number of hydrogen-bond donors (Lipinski definition) is 5. The number of unbranched alkanes of at least 4 members (excludes halogenated alkanes) is 19. The lowest BCUT2D eigenvalue weighted by atomic mass is 10.0. The summed E-state index contributed by atoms with van der Waals surface area (Å²) in [6, 6.07) is 0. The van der Waals surface area contributed by atoms with Gasteiger partial charge in [0.1, 0.15) is 0 Å². The zero-order valence-corrected chi connectivity index (χ0v) is 27.5. The molecule has 7 nitrogen and oxygen atoms in total. The molecule has 0 fully saturated rings. The zero-order chi connectivity index (χ0) is 31.2. The first-order chi connectivity index (χ1) is 19.8. The molecular formula is C34H71NO6. The summed E-state index contributed by atoms with van der Waals surface area (Å²) in [5, 5.41) is 36.0. The molecule has 0 radical (unpaired) electrons. The molecule has 0 spiro atoms. The van der Waals surface area contributed by atoms with E-state index in [1.165, 1.54) is 116 Å². The predicted molar refractivity (Wildman–Crippen MR) is 174 cm³/mol. The molecule has 0 aliphatic heterocycles. The molecule has 0 amide bonds. The molecule has 5 N–H and O–H groups in total. The Morgan fingerprint density at radius 1 is 0.512 bits per heavy atom. The van der Waals surface area contributed by atoms with Crippen LogP contribution in [0.5, 0.6) is 0 Å². The first kappa shape index (κ1) is 44.3. The summed E-state index contributed by atoms with van der Waals surface area (Å²) in [6.07, 6.45) is 28.8. The van der Waals surface area contributed by atoms with Gasteiger partial charge in [-0.05, 0) is 18.8 Å². The smallest absolute Gasteiger partial charge is 0.303 e. The number of carbonyl (C=O) groups is 2. The average Bonchev–Trinajstić information content (AvgIpc) is 2.93. The van der Waals surface area contributed by atoms with Crippen molar-refractivity contribution in [2.75, 3.05) is 26.3 Å². The Balaban J connectivity index is -0.000000594. The summed E-state index contributed by atoms with van der Waals surface area (Å²) in [6.45, 7) is 8.26. The van der Waals surface area contributed by atoms with E-state index in [1.807, 2.05) is 0 Å². The molecule has 0 atom stereocenters. The van der Waals surface area contributed by atoms with Gasteiger partial charge in [0.15, 0.2) is 0 Å². The zero-order valence-electron chi connectivity index (χ0n) is 27.5. The molecule has 0 bridgehead atoms. The second-order valence-corrected chi connectivity index (χ2v) is 11.7. The Bertz CT molecular complexity index is 498. The van der Waals surface area contributed by atoms with Gasteiger partial charge in [-0.1, -0.05) is 149 Å². The number of aliphatic carboxylic acids is 2. The molecule has 0 aromatic rings. The SMILES string of the molecule is CC(C)CCCCCCCCCCCCCCC(=O)O.CCCCCCCCCCCC(=O)O.OCCNCCO. The van der Waals surface area contributed by atoms with Crippen LogP contribution in [-0.2, 0) is 9.59 Å². The van der Waals surface area contributed by atoms with Gasteiger partial charge in [-0.3, -0.25) is 9.59 Å². The molecule has 248 valence electrons. The third-order valence-electron chi connectivity index (χ3n) is 6.99. The van der Waals surface area contributed by atoms with Crippen LogP contribution in [-0.4, -0.2) is 58.7 Å². The van der Waals surface area contributed by atoms with Crippen molar-refractivity contribution in [3.63, 3.8) is 0 Å². The molecule has 0 aliphatic rings. The van der Waals surface area contributed by atoms with Crippen LogP contribution in [0.3, 0.4) is 0 Å². The van der Waals surface area contributed by atoms with E-state index in [4.69, 9.17) is 20.4 Å². The molecule has 0 heterocycles. The minimum absolute atomic E-state index is 0.139. The van der Waals surface area contributed by atoms with Crippen molar-refractivity contribution in [2.45, 2.75) is 175 Å². The van der Waals surface area contributed by atoms with Gasteiger partial charge >= 0.3 is 11.9 Å². The fourth-order valence-corrected chi connectivity index (χ4v) is 4.47. The summed E-state index contributed by atoms with van der Waals surface area (Å²) in [5.41, 5.74) is 0. The fraction of sp³-hybridized carbons (Fsp3) is 0.941. The van der Waals surface area contributed by atoms with Crippen LogP contribution in [0.25, 0.3) is 0 Å². The largest absolute Gasteiger partial charge is 0.481 e. The number of hydrogen-bond acceptors (Lipinski definition) is 5. The van der Waals surface area contributed by atoms with E-state index in [0.29, 0.717) is 25.9 Å². The van der Waals surface area contributed by atoms with Gasteiger partial charge in [-0.15, -0.1) is 0 Å². The number of aliphatic hydroxyl groups excluding tert-OH is 2. The van der Waals surface area contributed by atoms with Gasteiger partial charge < -0.3 is 25.7 Å². The van der Waals surface area contributed by atoms with Crippen LogP contribution in [0.2, 0.25) is 0 Å². The van der Waals surface area contributed by atoms with Crippen molar-refractivity contribution in [3.05, 3.63) is 0 Å². The Kier molecular flexibility index (Phi) is 44.2. The van der Waals surface area contributed by atoms with Crippen molar-refractivity contribution < 1.29 is 30.0 Å². The highest BCUT2D eigenvalue weighted by atomic mass is 16.4. The van der Waals surface area contributed by atoms with E-state index in [1.54, 1.807) is 0 Å². The van der Waals surface area contributed by atoms with Crippen molar-refractivity contribution >= 4 is 11.9 Å². The van der Waals surface area contributed by atoms with Crippen molar-refractivity contribution in [1.82, 2.24) is 5.32 Å². The van der Waals surface area contributed by atoms with E-state index in [9.17, 15) is 9.59 Å². The van der Waals surface area contributed by atoms with Gasteiger partial charge in [0.05, 0.1) is 13.2 Å². The quantitative estimate of drug-likeness (QED) is 0.0552. The second kappa shape index (κ2) is 41.0. The highest BCUT2D eigenvalue weighted by Gasteiger charge is 1.98. The topological polar surface area (TPSA) is 127 Å². The number of carboxylic acids is 2. The second-order valence-electron chi connectivity index (χ2n) is 11.7. The van der Waals surface area contributed by atoms with E-state index in [0.717, 1.165) is 31.6 Å². The monoisotopic (exact) mass is 590 g/mol. The van der Waals surface area contributed by atoms with Crippen LogP contribution in [0, 0.1) is 5.92 Å². The van der Waals surface area contributed by atoms with Crippen molar-refractivity contribution in [2.24, 2.45) is 5.92 Å². The van der Waals surface area contributed by atoms with Gasteiger partial charge in [0.25, 0.3) is 0 Å². The molecule has 7 heteroatoms. The molecule has 0 aromatic heterocycles. The first-order valence-corrected chi connectivity index (χ1v) is 17.2. The highest BCUT2D eigenvalue weighted by molar-refractivity contribution is 5.66. The van der Waals surface area contributed by atoms with Crippen LogP contribution in [0.1, 0.15) is 175 Å². The molecule has 0 saturated heterocycles. The standard InChI is InChI=1S/C18H36O2.C12H24O2.C4H11NO2/c1-17(2)15-13-11-9-7-5-3-4-6-8-10-12-14-16-18(19)20;1-2-3-4-5-6-7-8-9-10-11-12(13)14;6-3-1-5-2-4-7/h17H,3-16H2,1-2H3,(H,19,20);2-11H2,1H3,(H,13,14);5-7H,1-4H2. The van der Waals surface area contributed by atoms with Crippen LogP contribution in [0.15, 0.2) is 0 Å². The normalized spacial score (nSPS) is 10.6. The summed E-state index contributed by atoms with van der Waals surface area (Å²) in [7, 11) is 0. The highest BCUT2D eigenvalue weighted by Crippen LogP contribution is 2.14. The Labute approximate surface area is 254 Å². The summed E-state index contributed by atoms with van der Waals surface area (Å²) >= 11 is 0. The molecule has 0 rings (SSSR count). The maximum Gasteiger partial charge on any atom is 0.303 e. The van der Waals surface area contributed by atoms with Gasteiger partial charge in [-0.2, -0.15) is 0 Å². The molecule has 41 heavy (non-hydrogen) atoms. The summed E-state index contributed by atoms with van der Waals surface area (Å²) in [5.74, 6) is -0.447. The summed E-state index contributed by atoms with van der Waals surface area (Å²) < 4.78 is 0. The third kappa shape index (κ3) is 55.4. The lowest BCUT2D eigenvalue weighted by Crippen LogP contribution is -2.21. The van der Waals surface area contributed by atoms with E-state index < -0.39 is 11.9 Å². The van der Waals surface area contributed by atoms with E-state index in [-0.39, 0.29) is 13.2 Å². The molecular weight excluding hydrogens is 518 g/mol. The lowest BCUT2D eigenvalue weighted by molar-refractivity contribution is -0.138. The predicted octanol–water partition coefficient (Wildman–Crippen LogP) is 8.74. The third-order valence-corrected chi connectivity index (χ3v) is 6.99. The maximum atomic E-state index is 10.3. The molecule has 0 saturated carbocycles. The number of nitrogens with one attached hydrogen (secondary N) is 1. The number of rotatable bonds is 29. The fourth-order valence-electron chi connectivity index (χ4n) is 4.47. The van der Waals surface area contributed by atoms with Gasteiger partial charge in [-0.25, -0.2) is 0 Å². The lowest BCUT2D eigenvalue weighted by Gasteiger charge is -2.04. The summed E-state index contributed by atoms with van der Waals surface area (Å²) in [4.78, 5) is 20.5. The van der Waals surface area contributed by atoms with E-state index >= 15 is 0 Å². The van der Waals surface area contributed by atoms with Crippen LogP contribution in [0.4, 0.5) is 0 Å². The number of aliphatic hydroxyl groups is 2. The van der Waals surface area contributed by atoms with Gasteiger partial charge in [0.2, 0.25) is 0 Å². The average molecular weight is 590 g/mol. The number of carboxylic acid groups (broad SMARTS) is 2. The maximum absolute atomic E-state index is 10.3. The first-order valence-electron chi connectivity index (χ1n) is 17.2. The molecule has 0 aliphatic carbocycles. The van der Waals surface area contributed by atoms with Crippen molar-refractivity contribution in [3.8, 4) is 0 Å². The van der Waals surface area contributed by atoms with Gasteiger partial charge in [0, 0.05) is 25.9 Å². The minimum atomic E-state index is -0.659. The van der Waals surface area contributed by atoms with Crippen LogP contribution < -0.4 is 5.32 Å². The Morgan fingerprint density at radius 2 is 0.805 bits per heavy atom. The van der Waals surface area contributed by atoms with E-state index in [2.05, 4.69) is 26.1 Å². The van der Waals surface area contributed by atoms with Crippen LogP contribution >= 0.6 is 0 Å². The Hall–Kier alpha value is -1.18. The molecule has 0 aromatic carbocycles. The molecule has 0 unspecified atom stereocenters. The minimum Gasteiger partial charge on any atom is -0.481 e. The Morgan fingerprint density at radius 3 is 1.07 bits per heavy atom. The van der Waals surface area contributed by atoms with Crippen molar-refractivity contribution in [1.29, 1.82) is 0 Å².